The van der Waals surface area contributed by atoms with Crippen LogP contribution in [0.15, 0.2) is 23.1 Å². The number of morpholine rings is 1. The first-order chi connectivity index (χ1) is 10.4. The molecule has 1 saturated heterocycles. The molecule has 6 heteroatoms. The molecule has 22 heavy (non-hydrogen) atoms. The molecule has 0 N–H and O–H groups in total. The highest BCUT2D eigenvalue weighted by atomic mass is 32.2. The van der Waals surface area contributed by atoms with Crippen LogP contribution >= 0.6 is 0 Å². The van der Waals surface area contributed by atoms with Crippen molar-refractivity contribution in [1.82, 2.24) is 4.90 Å². The van der Waals surface area contributed by atoms with Gasteiger partial charge in [0, 0.05) is 13.1 Å². The molecule has 1 aromatic rings. The van der Waals surface area contributed by atoms with Crippen LogP contribution in [-0.4, -0.2) is 45.8 Å². The van der Waals surface area contributed by atoms with Crippen molar-refractivity contribution in [1.29, 1.82) is 0 Å². The van der Waals surface area contributed by atoms with E-state index in [2.05, 4.69) is 4.90 Å². The Balaban J connectivity index is 1.67. The summed E-state index contributed by atoms with van der Waals surface area (Å²) in [4.78, 5) is 2.46. The van der Waals surface area contributed by atoms with Crippen molar-refractivity contribution in [2.24, 2.45) is 5.92 Å². The number of nitrogens with zero attached hydrogens (tertiary/aromatic N) is 1. The zero-order valence-electron chi connectivity index (χ0n) is 13.1. The molecule has 0 amide bonds. The molecule has 2 aliphatic rings. The van der Waals surface area contributed by atoms with E-state index in [-0.39, 0.29) is 4.90 Å². The summed E-state index contributed by atoms with van der Waals surface area (Å²) in [5.41, 5.74) is 1.73. The molecule has 1 aliphatic heterocycles. The van der Waals surface area contributed by atoms with E-state index in [0.717, 1.165) is 24.6 Å². The fourth-order valence-corrected chi connectivity index (χ4v) is 4.02. The van der Waals surface area contributed by atoms with Gasteiger partial charge >= 0.3 is 0 Å². The van der Waals surface area contributed by atoms with Gasteiger partial charge in [-0.15, -0.1) is 0 Å². The van der Waals surface area contributed by atoms with Crippen LogP contribution in [0.2, 0.25) is 0 Å². The van der Waals surface area contributed by atoms with E-state index in [1.807, 2.05) is 13.0 Å². The molecule has 1 saturated carbocycles. The predicted octanol–water partition coefficient (Wildman–Crippen LogP) is 2.08. The highest BCUT2D eigenvalue weighted by Gasteiger charge is 2.31. The lowest BCUT2D eigenvalue weighted by Crippen LogP contribution is -2.45. The van der Waals surface area contributed by atoms with Crippen LogP contribution in [0.3, 0.4) is 0 Å². The third-order valence-corrected chi connectivity index (χ3v) is 5.63. The Hall–Kier alpha value is -0.950. The molecule has 0 aromatic heterocycles. The molecule has 5 nitrogen and oxygen atoms in total. The van der Waals surface area contributed by atoms with Gasteiger partial charge in [0.25, 0.3) is 10.1 Å². The molecule has 122 valence electrons. The minimum atomic E-state index is -3.80. The van der Waals surface area contributed by atoms with Gasteiger partial charge in [0.2, 0.25) is 0 Å². The quantitative estimate of drug-likeness (QED) is 0.776. The van der Waals surface area contributed by atoms with E-state index < -0.39 is 16.4 Å². The smallest absolute Gasteiger partial charge is 0.299 e. The van der Waals surface area contributed by atoms with E-state index in [0.29, 0.717) is 18.7 Å². The second-order valence-electron chi connectivity index (χ2n) is 6.32. The molecule has 2 fully saturated rings. The van der Waals surface area contributed by atoms with Crippen LogP contribution in [0, 0.1) is 19.8 Å². The summed E-state index contributed by atoms with van der Waals surface area (Å²) in [7, 11) is -3.80. The highest BCUT2D eigenvalue weighted by Crippen LogP contribution is 2.30. The number of hydrogen-bond acceptors (Lipinski definition) is 5. The minimum absolute atomic E-state index is 0.223. The topological polar surface area (TPSA) is 55.8 Å². The first-order valence-corrected chi connectivity index (χ1v) is 9.19. The summed E-state index contributed by atoms with van der Waals surface area (Å²) in [5.74, 6) is 0.773. The molecule has 3 rings (SSSR count). The summed E-state index contributed by atoms with van der Waals surface area (Å²) in [6.07, 6.45) is 1.85. The van der Waals surface area contributed by atoms with Gasteiger partial charge in [0.15, 0.2) is 6.29 Å². The summed E-state index contributed by atoms with van der Waals surface area (Å²) in [6, 6.07) is 5.23. The number of ether oxygens (including phenoxy) is 1. The second-order valence-corrected chi connectivity index (χ2v) is 7.86. The van der Waals surface area contributed by atoms with Gasteiger partial charge in [-0.25, -0.2) is 4.18 Å². The van der Waals surface area contributed by atoms with E-state index in [1.165, 1.54) is 12.8 Å². The molecule has 0 spiro atoms. The zero-order valence-corrected chi connectivity index (χ0v) is 13.9. The minimum Gasteiger partial charge on any atom is -0.349 e. The van der Waals surface area contributed by atoms with Gasteiger partial charge < -0.3 is 4.74 Å². The van der Waals surface area contributed by atoms with Gasteiger partial charge in [-0.3, -0.25) is 4.90 Å². The van der Waals surface area contributed by atoms with E-state index in [4.69, 9.17) is 8.92 Å². The first kappa shape index (κ1) is 15.9. The average molecular weight is 325 g/mol. The largest absolute Gasteiger partial charge is 0.349 e. The van der Waals surface area contributed by atoms with Crippen LogP contribution in [0.25, 0.3) is 0 Å². The lowest BCUT2D eigenvalue weighted by atomic mass is 10.2. The molecule has 1 heterocycles. The normalized spacial score (nSPS) is 23.6. The Morgan fingerprint density at radius 1 is 1.32 bits per heavy atom. The van der Waals surface area contributed by atoms with Crippen molar-refractivity contribution in [3.8, 4) is 0 Å². The zero-order chi connectivity index (χ0) is 15.7. The second kappa shape index (κ2) is 6.28. The lowest BCUT2D eigenvalue weighted by molar-refractivity contribution is -0.128. The molecular formula is C16H23NO4S. The number of rotatable bonds is 5. The maximum Gasteiger partial charge on any atom is 0.299 e. The average Bonchev–Trinajstić information content (AvgIpc) is 3.22. The highest BCUT2D eigenvalue weighted by molar-refractivity contribution is 7.86. The van der Waals surface area contributed by atoms with Crippen molar-refractivity contribution in [3.05, 3.63) is 29.3 Å². The maximum absolute atomic E-state index is 12.5. The molecule has 1 atom stereocenters. The lowest BCUT2D eigenvalue weighted by Gasteiger charge is -2.32. The first-order valence-electron chi connectivity index (χ1n) is 7.78. The van der Waals surface area contributed by atoms with Gasteiger partial charge in [-0.2, -0.15) is 8.42 Å². The van der Waals surface area contributed by atoms with Crippen molar-refractivity contribution in [2.75, 3.05) is 26.2 Å². The monoisotopic (exact) mass is 325 g/mol. The fraction of sp³-hybridized carbons (Fsp3) is 0.625. The Morgan fingerprint density at radius 3 is 2.77 bits per heavy atom. The summed E-state index contributed by atoms with van der Waals surface area (Å²) in [6.45, 7) is 6.61. The maximum atomic E-state index is 12.5. The van der Waals surface area contributed by atoms with E-state index in [1.54, 1.807) is 19.1 Å². The van der Waals surface area contributed by atoms with E-state index in [9.17, 15) is 8.42 Å². The predicted molar refractivity (Wildman–Crippen MR) is 83.1 cm³/mol. The van der Waals surface area contributed by atoms with E-state index >= 15 is 0 Å². The van der Waals surface area contributed by atoms with Crippen molar-refractivity contribution >= 4 is 10.1 Å². The van der Waals surface area contributed by atoms with Gasteiger partial charge in [-0.1, -0.05) is 17.7 Å². The Bertz CT molecular complexity index is 640. The third-order valence-electron chi connectivity index (χ3n) is 4.17. The van der Waals surface area contributed by atoms with Gasteiger partial charge in [-0.05, 0) is 44.2 Å². The number of hydrogen-bond donors (Lipinski definition) is 0. The van der Waals surface area contributed by atoms with Crippen molar-refractivity contribution in [3.63, 3.8) is 0 Å². The Morgan fingerprint density at radius 2 is 2.09 bits per heavy atom. The third kappa shape index (κ3) is 3.87. The van der Waals surface area contributed by atoms with Crippen LogP contribution < -0.4 is 0 Å². The molecule has 1 aromatic carbocycles. The molecule has 1 aliphatic carbocycles. The molecule has 0 bridgehead atoms. The molecule has 1 unspecified atom stereocenters. The summed E-state index contributed by atoms with van der Waals surface area (Å²) < 4.78 is 35.7. The van der Waals surface area contributed by atoms with Crippen LogP contribution in [-0.2, 0) is 19.0 Å². The van der Waals surface area contributed by atoms with Crippen LogP contribution in [0.5, 0.6) is 0 Å². The standard InChI is InChI=1S/C16H23NO4S/c1-12-3-6-15(13(2)9-12)22(18,19)21-16-11-17(7-8-20-16)10-14-4-5-14/h3,6,9,14,16H,4-5,7-8,10-11H2,1-2H3. The number of aryl methyl sites for hydroxylation is 2. The summed E-state index contributed by atoms with van der Waals surface area (Å²) in [5, 5.41) is 0. The van der Waals surface area contributed by atoms with Crippen molar-refractivity contribution < 1.29 is 17.3 Å². The molecular weight excluding hydrogens is 302 g/mol. The summed E-state index contributed by atoms with van der Waals surface area (Å²) >= 11 is 0. The Labute approximate surface area is 132 Å². The fourth-order valence-electron chi connectivity index (χ4n) is 2.83. The number of benzene rings is 1. The van der Waals surface area contributed by atoms with Crippen LogP contribution in [0.1, 0.15) is 24.0 Å². The van der Waals surface area contributed by atoms with Crippen molar-refractivity contribution in [2.45, 2.75) is 37.9 Å². The molecule has 0 radical (unpaired) electrons. The Kier molecular flexibility index (Phi) is 4.54. The van der Waals surface area contributed by atoms with Crippen LogP contribution in [0.4, 0.5) is 0 Å². The SMILES string of the molecule is Cc1ccc(S(=O)(=O)OC2CN(CC3CC3)CCO2)c(C)c1. The van der Waals surface area contributed by atoms with Gasteiger partial charge in [0.1, 0.15) is 0 Å². The van der Waals surface area contributed by atoms with Gasteiger partial charge in [0.05, 0.1) is 18.0 Å².